The third-order valence-electron chi connectivity index (χ3n) is 5.06. The summed E-state index contributed by atoms with van der Waals surface area (Å²) in [6.07, 6.45) is 2.64. The fourth-order valence-electron chi connectivity index (χ4n) is 3.39. The molecule has 0 aliphatic rings. The van der Waals surface area contributed by atoms with E-state index in [2.05, 4.69) is 39.6 Å². The molecule has 166 valence electrons. The summed E-state index contributed by atoms with van der Waals surface area (Å²) in [6.45, 7) is 0. The topological polar surface area (TPSA) is 109 Å². The van der Waals surface area contributed by atoms with Gasteiger partial charge < -0.3 is 9.15 Å². The Kier molecular flexibility index (Phi) is 5.56. The molecule has 0 radical (unpaired) electrons. The number of hydrogen-bond acceptors (Lipinski definition) is 9. The molecule has 2 aromatic carbocycles. The molecule has 5 aromatic rings. The Bertz CT molecular complexity index is 1460. The average molecular weight is 480 g/mol. The first-order valence-corrected chi connectivity index (χ1v) is 11.9. The first-order chi connectivity index (χ1) is 16.1. The quantitative estimate of drug-likeness (QED) is 0.175. The predicted molar refractivity (Wildman–Crippen MR) is 126 cm³/mol. The molecule has 0 spiro atoms. The number of methoxy groups -OCH3 is 1. The van der Waals surface area contributed by atoms with Gasteiger partial charge in [0.15, 0.2) is 16.6 Å². The number of nitro groups is 1. The van der Waals surface area contributed by atoms with Gasteiger partial charge in [0.2, 0.25) is 4.96 Å². The number of furan rings is 1. The first kappa shape index (κ1) is 21.2. The zero-order valence-corrected chi connectivity index (χ0v) is 19.2. The van der Waals surface area contributed by atoms with Gasteiger partial charge in [-0.05, 0) is 48.2 Å². The normalized spacial score (nSPS) is 11.2. The number of nitro benzene ring substituents is 1. The summed E-state index contributed by atoms with van der Waals surface area (Å²) < 4.78 is 12.8. The highest BCUT2D eigenvalue weighted by Gasteiger charge is 2.21. The van der Waals surface area contributed by atoms with Crippen LogP contribution in [0.1, 0.15) is 11.4 Å². The van der Waals surface area contributed by atoms with E-state index >= 15 is 0 Å². The maximum atomic E-state index is 11.5. The van der Waals surface area contributed by atoms with Crippen LogP contribution in [0.2, 0.25) is 0 Å². The minimum absolute atomic E-state index is 0.0943. The summed E-state index contributed by atoms with van der Waals surface area (Å²) in [4.78, 5) is 12.9. The highest BCUT2D eigenvalue weighted by Crippen LogP contribution is 2.37. The lowest BCUT2D eigenvalue weighted by Crippen LogP contribution is -1.97. The van der Waals surface area contributed by atoms with Crippen LogP contribution in [0.15, 0.2) is 63.9 Å². The molecule has 0 fully saturated rings. The first-order valence-electron chi connectivity index (χ1n) is 9.83. The van der Waals surface area contributed by atoms with Gasteiger partial charge in [-0.15, -0.1) is 27.1 Å². The lowest BCUT2D eigenvalue weighted by Gasteiger charge is -2.03. The Morgan fingerprint density at radius 1 is 1.12 bits per heavy atom. The fourth-order valence-corrected chi connectivity index (χ4v) is 4.62. The summed E-state index contributed by atoms with van der Waals surface area (Å²) in [7, 11) is 1.46. The van der Waals surface area contributed by atoms with Crippen molar-refractivity contribution in [3.8, 4) is 27.8 Å². The summed E-state index contributed by atoms with van der Waals surface area (Å²) >= 11 is 3.04. The van der Waals surface area contributed by atoms with Crippen molar-refractivity contribution in [1.29, 1.82) is 0 Å². The predicted octanol–water partition coefficient (Wildman–Crippen LogP) is 5.34. The summed E-state index contributed by atoms with van der Waals surface area (Å²) in [5, 5.41) is 25.3. The number of benzene rings is 2. The van der Waals surface area contributed by atoms with Crippen molar-refractivity contribution in [2.45, 2.75) is 11.3 Å². The van der Waals surface area contributed by atoms with Gasteiger partial charge >= 0.3 is 0 Å². The van der Waals surface area contributed by atoms with Crippen LogP contribution in [0.25, 0.3) is 27.1 Å². The third kappa shape index (κ3) is 4.08. The minimum Gasteiger partial charge on any atom is -0.497 e. The van der Waals surface area contributed by atoms with Crippen LogP contribution < -0.4 is 4.74 Å². The molecule has 0 aliphatic carbocycles. The standard InChI is InChI=1S/C22H17N5O4S2/c1-30-14-5-8-16(17(12-14)27(28)29)18-9-10-19(31-18)21-25-26-20(23-24-22(26)33-21)11-13-3-6-15(32-2)7-4-13/h3-10,12H,11H2,1-2H3. The van der Waals surface area contributed by atoms with Crippen molar-refractivity contribution in [2.24, 2.45) is 0 Å². The molecule has 0 amide bonds. The zero-order chi connectivity index (χ0) is 22.9. The van der Waals surface area contributed by atoms with E-state index in [9.17, 15) is 10.1 Å². The van der Waals surface area contributed by atoms with Crippen molar-refractivity contribution in [3.63, 3.8) is 0 Å². The summed E-state index contributed by atoms with van der Waals surface area (Å²) in [5.74, 6) is 2.00. The number of thioether (sulfide) groups is 1. The van der Waals surface area contributed by atoms with Gasteiger partial charge in [-0.1, -0.05) is 23.5 Å². The number of hydrogen-bond donors (Lipinski definition) is 0. The van der Waals surface area contributed by atoms with Gasteiger partial charge in [0.25, 0.3) is 5.69 Å². The number of rotatable bonds is 7. The molecule has 0 bridgehead atoms. The van der Waals surface area contributed by atoms with Gasteiger partial charge in [0, 0.05) is 11.3 Å². The molecule has 0 N–H and O–H groups in total. The second-order valence-electron chi connectivity index (χ2n) is 7.05. The zero-order valence-electron chi connectivity index (χ0n) is 17.6. The third-order valence-corrected chi connectivity index (χ3v) is 6.72. The van der Waals surface area contributed by atoms with E-state index in [4.69, 9.17) is 9.15 Å². The van der Waals surface area contributed by atoms with E-state index in [0.29, 0.717) is 39.2 Å². The Hall–Kier alpha value is -3.70. The van der Waals surface area contributed by atoms with Gasteiger partial charge in [-0.3, -0.25) is 10.1 Å². The van der Waals surface area contributed by atoms with Gasteiger partial charge in [0.05, 0.1) is 23.7 Å². The highest BCUT2D eigenvalue weighted by molar-refractivity contribution is 7.98. The monoisotopic (exact) mass is 479 g/mol. The molecule has 0 saturated heterocycles. The van der Waals surface area contributed by atoms with Crippen LogP contribution in [0.3, 0.4) is 0 Å². The Morgan fingerprint density at radius 3 is 2.64 bits per heavy atom. The fraction of sp³-hybridized carbons (Fsp3) is 0.136. The summed E-state index contributed by atoms with van der Waals surface area (Å²) in [6, 6.07) is 16.4. The molecule has 5 rings (SSSR count). The van der Waals surface area contributed by atoms with E-state index in [-0.39, 0.29) is 5.69 Å². The Morgan fingerprint density at radius 2 is 1.91 bits per heavy atom. The smallest absolute Gasteiger partial charge is 0.284 e. The van der Waals surface area contributed by atoms with Crippen molar-refractivity contribution < 1.29 is 14.1 Å². The SMILES string of the molecule is COc1ccc(-c2ccc(-c3nn4c(Cc5ccc(SC)cc5)nnc4s3)o2)c([N+](=O)[O-])c1. The minimum atomic E-state index is -0.457. The van der Waals surface area contributed by atoms with Crippen LogP contribution in [0.4, 0.5) is 5.69 Å². The molecular weight excluding hydrogens is 462 g/mol. The van der Waals surface area contributed by atoms with Gasteiger partial charge in [-0.25, -0.2) is 0 Å². The van der Waals surface area contributed by atoms with Crippen molar-refractivity contribution >= 4 is 33.7 Å². The second-order valence-corrected chi connectivity index (χ2v) is 8.88. The summed E-state index contributed by atoms with van der Waals surface area (Å²) in [5.41, 5.74) is 1.39. The molecule has 0 atom stereocenters. The van der Waals surface area contributed by atoms with Crippen LogP contribution in [-0.2, 0) is 6.42 Å². The molecule has 0 unspecified atom stereocenters. The van der Waals surface area contributed by atoms with E-state index in [0.717, 1.165) is 11.4 Å². The molecule has 3 aromatic heterocycles. The highest BCUT2D eigenvalue weighted by atomic mass is 32.2. The maximum Gasteiger partial charge on any atom is 0.284 e. The van der Waals surface area contributed by atoms with Gasteiger partial charge in [0.1, 0.15) is 11.5 Å². The average Bonchev–Trinajstić information content (AvgIpc) is 3.56. The van der Waals surface area contributed by atoms with E-state index in [1.165, 1.54) is 29.4 Å². The molecule has 0 aliphatic heterocycles. The van der Waals surface area contributed by atoms with Crippen molar-refractivity contribution in [3.05, 3.63) is 76.1 Å². The number of nitrogens with zero attached hydrogens (tertiary/aromatic N) is 5. The molecular formula is C22H17N5O4S2. The molecule has 0 saturated carbocycles. The van der Waals surface area contributed by atoms with Crippen LogP contribution in [0, 0.1) is 10.1 Å². The Labute approximate surface area is 196 Å². The van der Waals surface area contributed by atoms with Crippen LogP contribution in [-0.4, -0.2) is 38.1 Å². The molecule has 3 heterocycles. The number of ether oxygens (including phenoxy) is 1. The largest absolute Gasteiger partial charge is 0.497 e. The van der Waals surface area contributed by atoms with Crippen molar-refractivity contribution in [1.82, 2.24) is 19.8 Å². The van der Waals surface area contributed by atoms with Crippen molar-refractivity contribution in [2.75, 3.05) is 13.4 Å². The van der Waals surface area contributed by atoms with E-state index < -0.39 is 4.92 Å². The lowest BCUT2D eigenvalue weighted by atomic mass is 10.1. The Balaban J connectivity index is 1.45. The van der Waals surface area contributed by atoms with E-state index in [1.54, 1.807) is 40.5 Å². The maximum absolute atomic E-state index is 11.5. The number of aromatic nitrogens is 4. The molecule has 9 nitrogen and oxygen atoms in total. The second kappa shape index (κ2) is 8.68. The van der Waals surface area contributed by atoms with Gasteiger partial charge in [-0.2, -0.15) is 4.52 Å². The lowest BCUT2D eigenvalue weighted by molar-refractivity contribution is -0.384. The molecule has 11 heteroatoms. The van der Waals surface area contributed by atoms with Crippen LogP contribution in [0.5, 0.6) is 5.75 Å². The number of fused-ring (bicyclic) bond motifs is 1. The van der Waals surface area contributed by atoms with Crippen LogP contribution >= 0.6 is 23.1 Å². The molecule has 33 heavy (non-hydrogen) atoms. The van der Waals surface area contributed by atoms with E-state index in [1.807, 2.05) is 6.26 Å².